The molecule has 0 unspecified atom stereocenters. The lowest BCUT2D eigenvalue weighted by molar-refractivity contribution is 0.242. The molecule has 1 aromatic heterocycles. The van der Waals surface area contributed by atoms with Gasteiger partial charge in [-0.25, -0.2) is 0 Å². The molecule has 0 atom stereocenters. The van der Waals surface area contributed by atoms with Crippen molar-refractivity contribution >= 4 is 5.69 Å². The van der Waals surface area contributed by atoms with Gasteiger partial charge in [-0.15, -0.1) is 0 Å². The van der Waals surface area contributed by atoms with Crippen molar-refractivity contribution in [3.05, 3.63) is 36.0 Å². The molecule has 5 heteroatoms. The van der Waals surface area contributed by atoms with Gasteiger partial charge in [0.25, 0.3) is 5.89 Å². The zero-order valence-corrected chi connectivity index (χ0v) is 12.1. The van der Waals surface area contributed by atoms with E-state index in [0.717, 1.165) is 18.7 Å². The minimum atomic E-state index is 0.281. The Morgan fingerprint density at radius 2 is 2.00 bits per heavy atom. The highest BCUT2D eigenvalue weighted by molar-refractivity contribution is 5.43. The maximum absolute atomic E-state index is 5.71. The van der Waals surface area contributed by atoms with Gasteiger partial charge >= 0.3 is 0 Å². The molecule has 1 aromatic carbocycles. The third-order valence-corrected chi connectivity index (χ3v) is 3.92. The van der Waals surface area contributed by atoms with E-state index in [9.17, 15) is 0 Å². The van der Waals surface area contributed by atoms with E-state index in [0.29, 0.717) is 23.2 Å². The SMILES string of the molecule is Nc1cccc(OCc2nc(C3CCCCCC3)no2)c1. The summed E-state index contributed by atoms with van der Waals surface area (Å²) < 4.78 is 10.9. The van der Waals surface area contributed by atoms with Gasteiger partial charge in [0, 0.05) is 17.7 Å². The Morgan fingerprint density at radius 3 is 2.76 bits per heavy atom. The molecule has 21 heavy (non-hydrogen) atoms. The van der Waals surface area contributed by atoms with Crippen molar-refractivity contribution in [3.63, 3.8) is 0 Å². The van der Waals surface area contributed by atoms with E-state index in [1.165, 1.54) is 25.7 Å². The first-order valence-electron chi connectivity index (χ1n) is 7.62. The van der Waals surface area contributed by atoms with Gasteiger partial charge in [-0.3, -0.25) is 0 Å². The van der Waals surface area contributed by atoms with Crippen LogP contribution >= 0.6 is 0 Å². The first-order chi connectivity index (χ1) is 10.3. The van der Waals surface area contributed by atoms with Gasteiger partial charge in [0.15, 0.2) is 12.4 Å². The van der Waals surface area contributed by atoms with Crippen LogP contribution in [-0.2, 0) is 6.61 Å². The van der Waals surface area contributed by atoms with Crippen LogP contribution in [0.2, 0.25) is 0 Å². The Morgan fingerprint density at radius 1 is 1.19 bits per heavy atom. The summed E-state index contributed by atoms with van der Waals surface area (Å²) in [5.74, 6) is 2.52. The third-order valence-electron chi connectivity index (χ3n) is 3.92. The molecule has 2 N–H and O–H groups in total. The molecule has 0 radical (unpaired) electrons. The molecule has 1 aliphatic rings. The van der Waals surface area contributed by atoms with E-state index in [4.69, 9.17) is 15.0 Å². The lowest BCUT2D eigenvalue weighted by Crippen LogP contribution is -2.01. The van der Waals surface area contributed by atoms with Crippen LogP contribution in [-0.4, -0.2) is 10.1 Å². The van der Waals surface area contributed by atoms with Gasteiger partial charge in [-0.05, 0) is 25.0 Å². The fraction of sp³-hybridized carbons (Fsp3) is 0.500. The number of hydrogen-bond acceptors (Lipinski definition) is 5. The highest BCUT2D eigenvalue weighted by Crippen LogP contribution is 2.29. The Hall–Kier alpha value is -2.04. The fourth-order valence-corrected chi connectivity index (χ4v) is 2.78. The summed E-state index contributed by atoms with van der Waals surface area (Å²) in [6.45, 7) is 0.281. The number of nitrogens with two attached hydrogens (primary N) is 1. The number of benzene rings is 1. The summed E-state index contributed by atoms with van der Waals surface area (Å²) in [6, 6.07) is 7.32. The van der Waals surface area contributed by atoms with E-state index in [1.807, 2.05) is 18.2 Å². The van der Waals surface area contributed by atoms with Gasteiger partial charge in [0.1, 0.15) is 5.75 Å². The smallest absolute Gasteiger partial charge is 0.264 e. The summed E-state index contributed by atoms with van der Waals surface area (Å²) in [4.78, 5) is 4.48. The molecule has 1 heterocycles. The second-order valence-corrected chi connectivity index (χ2v) is 5.60. The Kier molecular flexibility index (Phi) is 4.38. The molecule has 1 aliphatic carbocycles. The van der Waals surface area contributed by atoms with Gasteiger partial charge in [0.2, 0.25) is 0 Å². The topological polar surface area (TPSA) is 74.2 Å². The Balaban J connectivity index is 1.59. The Bertz CT molecular complexity index is 574. The number of nitrogen functional groups attached to an aromatic ring is 1. The average molecular weight is 287 g/mol. The summed E-state index contributed by atoms with van der Waals surface area (Å²) in [6.07, 6.45) is 7.48. The van der Waals surface area contributed by atoms with Gasteiger partial charge in [0.05, 0.1) is 0 Å². The average Bonchev–Trinajstić information content (AvgIpc) is 2.79. The lowest BCUT2D eigenvalue weighted by atomic mass is 10.00. The second kappa shape index (κ2) is 6.61. The second-order valence-electron chi connectivity index (χ2n) is 5.60. The number of hydrogen-bond donors (Lipinski definition) is 1. The Labute approximate surface area is 124 Å². The highest BCUT2D eigenvalue weighted by Gasteiger charge is 2.20. The number of nitrogens with zero attached hydrogens (tertiary/aromatic N) is 2. The number of rotatable bonds is 4. The minimum absolute atomic E-state index is 0.281. The molecule has 2 aromatic rings. The molecule has 0 bridgehead atoms. The highest BCUT2D eigenvalue weighted by atomic mass is 16.5. The quantitative estimate of drug-likeness (QED) is 0.686. The van der Waals surface area contributed by atoms with Crippen LogP contribution in [0.3, 0.4) is 0 Å². The number of anilines is 1. The van der Waals surface area contributed by atoms with Crippen LogP contribution in [0.5, 0.6) is 5.75 Å². The van der Waals surface area contributed by atoms with Crippen molar-refractivity contribution in [2.45, 2.75) is 51.0 Å². The predicted molar refractivity (Wildman–Crippen MR) is 79.9 cm³/mol. The van der Waals surface area contributed by atoms with Gasteiger partial charge in [-0.2, -0.15) is 4.98 Å². The van der Waals surface area contributed by atoms with Crippen molar-refractivity contribution in [1.29, 1.82) is 0 Å². The molecule has 0 spiro atoms. The van der Waals surface area contributed by atoms with Crippen molar-refractivity contribution in [3.8, 4) is 5.75 Å². The van der Waals surface area contributed by atoms with E-state index < -0.39 is 0 Å². The van der Waals surface area contributed by atoms with E-state index in [2.05, 4.69) is 10.1 Å². The first-order valence-corrected chi connectivity index (χ1v) is 7.62. The molecule has 5 nitrogen and oxygen atoms in total. The summed E-state index contributed by atoms with van der Waals surface area (Å²) in [5.41, 5.74) is 6.39. The molecule has 1 fully saturated rings. The van der Waals surface area contributed by atoms with Crippen LogP contribution in [0, 0.1) is 0 Å². The van der Waals surface area contributed by atoms with E-state index >= 15 is 0 Å². The van der Waals surface area contributed by atoms with Gasteiger partial charge < -0.3 is 15.0 Å². The first kappa shape index (κ1) is 13.9. The summed E-state index contributed by atoms with van der Waals surface area (Å²) in [5, 5.41) is 4.12. The van der Waals surface area contributed by atoms with Crippen molar-refractivity contribution in [2.24, 2.45) is 0 Å². The van der Waals surface area contributed by atoms with Crippen LogP contribution in [0.4, 0.5) is 5.69 Å². The van der Waals surface area contributed by atoms with Crippen LogP contribution in [0.1, 0.15) is 56.2 Å². The molecule has 0 aliphatic heterocycles. The van der Waals surface area contributed by atoms with E-state index in [-0.39, 0.29) is 6.61 Å². The summed E-state index contributed by atoms with van der Waals surface area (Å²) in [7, 11) is 0. The molecule has 0 saturated heterocycles. The van der Waals surface area contributed by atoms with Gasteiger partial charge in [-0.1, -0.05) is 36.9 Å². The standard InChI is InChI=1S/C16H21N3O2/c17-13-8-5-9-14(10-13)20-11-15-18-16(19-21-15)12-6-3-1-2-4-7-12/h5,8-10,12H,1-4,6-7,11,17H2. The maximum Gasteiger partial charge on any atom is 0.264 e. The van der Waals surface area contributed by atoms with Crippen molar-refractivity contribution in [1.82, 2.24) is 10.1 Å². The lowest BCUT2D eigenvalue weighted by Gasteiger charge is -2.07. The maximum atomic E-state index is 5.71. The van der Waals surface area contributed by atoms with Crippen LogP contribution in [0.15, 0.2) is 28.8 Å². The van der Waals surface area contributed by atoms with Crippen molar-refractivity contribution < 1.29 is 9.26 Å². The molecule has 3 rings (SSSR count). The zero-order chi connectivity index (χ0) is 14.5. The van der Waals surface area contributed by atoms with Crippen LogP contribution < -0.4 is 10.5 Å². The number of aromatic nitrogens is 2. The molecular formula is C16H21N3O2. The minimum Gasteiger partial charge on any atom is -0.484 e. The predicted octanol–water partition coefficient (Wildman–Crippen LogP) is 3.67. The van der Waals surface area contributed by atoms with Crippen molar-refractivity contribution in [2.75, 3.05) is 5.73 Å². The largest absolute Gasteiger partial charge is 0.484 e. The molecule has 112 valence electrons. The number of ether oxygens (including phenoxy) is 1. The van der Waals surface area contributed by atoms with E-state index in [1.54, 1.807) is 6.07 Å². The summed E-state index contributed by atoms with van der Waals surface area (Å²) >= 11 is 0. The zero-order valence-electron chi connectivity index (χ0n) is 12.1. The molecule has 1 saturated carbocycles. The third kappa shape index (κ3) is 3.74. The fourth-order valence-electron chi connectivity index (χ4n) is 2.78. The molecular weight excluding hydrogens is 266 g/mol. The monoisotopic (exact) mass is 287 g/mol. The van der Waals surface area contributed by atoms with Crippen LogP contribution in [0.25, 0.3) is 0 Å². The molecule has 0 amide bonds. The normalized spacial score (nSPS) is 16.6.